The Morgan fingerprint density at radius 2 is 2.00 bits per heavy atom. The number of carbonyl (C=O) groups excluding carboxylic acids is 1. The number of alkyl carbamates (subject to hydrolysis) is 1. The molecule has 100 valence electrons. The summed E-state index contributed by atoms with van der Waals surface area (Å²) in [7, 11) is 0. The number of hydrogen-bond donors (Lipinski definition) is 1. The summed E-state index contributed by atoms with van der Waals surface area (Å²) in [6, 6.07) is 5.92. The van der Waals surface area contributed by atoms with Crippen LogP contribution in [0.3, 0.4) is 0 Å². The number of rotatable bonds is 2. The lowest BCUT2D eigenvalue weighted by Crippen LogP contribution is -2.34. The second kappa shape index (κ2) is 5.74. The molecule has 0 radical (unpaired) electrons. The monoisotopic (exact) mass is 313 g/mol. The molecule has 0 fully saturated rings. The second-order valence-electron chi connectivity index (χ2n) is 5.37. The number of hydrogen-bond acceptors (Lipinski definition) is 2. The molecule has 0 bridgehead atoms. The Bertz CT molecular complexity index is 438. The first-order valence-electron chi connectivity index (χ1n) is 5.94. The fraction of sp³-hybridized carbons (Fsp3) is 0.500. The molecule has 1 aromatic rings. The Morgan fingerprint density at radius 3 is 2.50 bits per heavy atom. The molecule has 0 spiro atoms. The van der Waals surface area contributed by atoms with Crippen molar-refractivity contribution in [3.8, 4) is 0 Å². The second-order valence-corrected chi connectivity index (χ2v) is 6.28. The predicted octanol–water partition coefficient (Wildman–Crippen LogP) is 4.34. The summed E-state index contributed by atoms with van der Waals surface area (Å²) in [6.45, 7) is 9.51. The highest BCUT2D eigenvalue weighted by Crippen LogP contribution is 2.21. The fourth-order valence-corrected chi connectivity index (χ4v) is 2.16. The summed E-state index contributed by atoms with van der Waals surface area (Å²) in [5, 5.41) is 2.84. The number of ether oxygens (including phenoxy) is 1. The van der Waals surface area contributed by atoms with E-state index in [-0.39, 0.29) is 6.04 Å². The maximum atomic E-state index is 11.7. The van der Waals surface area contributed by atoms with E-state index in [0.717, 1.165) is 15.6 Å². The maximum absolute atomic E-state index is 11.7. The van der Waals surface area contributed by atoms with E-state index in [1.807, 2.05) is 52.8 Å². The van der Waals surface area contributed by atoms with Crippen molar-refractivity contribution in [1.82, 2.24) is 5.32 Å². The largest absolute Gasteiger partial charge is 0.444 e. The summed E-state index contributed by atoms with van der Waals surface area (Å²) in [4.78, 5) is 11.7. The van der Waals surface area contributed by atoms with Crippen LogP contribution in [0.4, 0.5) is 4.79 Å². The minimum atomic E-state index is -0.474. The molecule has 0 heterocycles. The molecule has 0 saturated carbocycles. The van der Waals surface area contributed by atoms with Gasteiger partial charge in [-0.2, -0.15) is 0 Å². The van der Waals surface area contributed by atoms with Gasteiger partial charge in [0, 0.05) is 4.47 Å². The van der Waals surface area contributed by atoms with Gasteiger partial charge in [0.1, 0.15) is 5.60 Å². The van der Waals surface area contributed by atoms with E-state index in [2.05, 4.69) is 21.2 Å². The van der Waals surface area contributed by atoms with Gasteiger partial charge in [-0.1, -0.05) is 22.0 Å². The van der Waals surface area contributed by atoms with E-state index in [0.29, 0.717) is 0 Å². The number of nitrogens with one attached hydrogen (secondary N) is 1. The van der Waals surface area contributed by atoms with Crippen molar-refractivity contribution in [2.75, 3.05) is 0 Å². The fourth-order valence-electron chi connectivity index (χ4n) is 1.69. The van der Waals surface area contributed by atoms with Gasteiger partial charge in [-0.25, -0.2) is 4.79 Å². The van der Waals surface area contributed by atoms with E-state index in [4.69, 9.17) is 4.74 Å². The first-order valence-corrected chi connectivity index (χ1v) is 6.74. The smallest absolute Gasteiger partial charge is 0.408 e. The Labute approximate surface area is 117 Å². The van der Waals surface area contributed by atoms with Crippen molar-refractivity contribution < 1.29 is 9.53 Å². The van der Waals surface area contributed by atoms with Crippen LogP contribution in [0.25, 0.3) is 0 Å². The molecule has 4 heteroatoms. The van der Waals surface area contributed by atoms with Gasteiger partial charge in [-0.05, 0) is 57.9 Å². The lowest BCUT2D eigenvalue weighted by Gasteiger charge is -2.22. The quantitative estimate of drug-likeness (QED) is 0.881. The van der Waals surface area contributed by atoms with Gasteiger partial charge in [0.15, 0.2) is 0 Å². The van der Waals surface area contributed by atoms with Crippen molar-refractivity contribution in [3.63, 3.8) is 0 Å². The Hall–Kier alpha value is -1.03. The van der Waals surface area contributed by atoms with Gasteiger partial charge < -0.3 is 10.1 Å². The zero-order valence-electron chi connectivity index (χ0n) is 11.5. The highest BCUT2D eigenvalue weighted by Gasteiger charge is 2.18. The lowest BCUT2D eigenvalue weighted by atomic mass is 10.0. The van der Waals surface area contributed by atoms with Crippen LogP contribution < -0.4 is 5.32 Å². The van der Waals surface area contributed by atoms with Gasteiger partial charge in [0.2, 0.25) is 0 Å². The van der Waals surface area contributed by atoms with E-state index in [1.54, 1.807) is 0 Å². The number of benzene rings is 1. The highest BCUT2D eigenvalue weighted by molar-refractivity contribution is 9.10. The van der Waals surface area contributed by atoms with Crippen LogP contribution in [0.5, 0.6) is 0 Å². The van der Waals surface area contributed by atoms with Gasteiger partial charge >= 0.3 is 6.09 Å². The summed E-state index contributed by atoms with van der Waals surface area (Å²) >= 11 is 3.42. The molecule has 1 atom stereocenters. The molecule has 1 aromatic carbocycles. The number of carbonyl (C=O) groups is 1. The molecule has 1 rings (SSSR count). The molecule has 1 N–H and O–H groups in total. The molecular weight excluding hydrogens is 294 g/mol. The van der Waals surface area contributed by atoms with Gasteiger partial charge in [0.05, 0.1) is 6.04 Å². The predicted molar refractivity (Wildman–Crippen MR) is 76.7 cm³/mol. The first-order chi connectivity index (χ1) is 8.19. The van der Waals surface area contributed by atoms with Crippen LogP contribution in [0, 0.1) is 6.92 Å². The van der Waals surface area contributed by atoms with Gasteiger partial charge in [-0.15, -0.1) is 0 Å². The van der Waals surface area contributed by atoms with Crippen molar-refractivity contribution >= 4 is 22.0 Å². The van der Waals surface area contributed by atoms with Crippen LogP contribution in [-0.2, 0) is 4.74 Å². The van der Waals surface area contributed by atoms with Crippen LogP contribution in [-0.4, -0.2) is 11.7 Å². The summed E-state index contributed by atoms with van der Waals surface area (Å²) in [6.07, 6.45) is -0.391. The Morgan fingerprint density at radius 1 is 1.39 bits per heavy atom. The summed E-state index contributed by atoms with van der Waals surface area (Å²) in [5.74, 6) is 0. The average Bonchev–Trinajstić information content (AvgIpc) is 2.13. The van der Waals surface area contributed by atoms with Gasteiger partial charge in [0.25, 0.3) is 0 Å². The third-order valence-electron chi connectivity index (χ3n) is 2.43. The van der Waals surface area contributed by atoms with Crippen LogP contribution in [0.15, 0.2) is 22.7 Å². The molecule has 18 heavy (non-hydrogen) atoms. The molecule has 0 aliphatic carbocycles. The van der Waals surface area contributed by atoms with Crippen molar-refractivity contribution in [2.45, 2.75) is 46.3 Å². The molecule has 3 nitrogen and oxygen atoms in total. The molecule has 1 unspecified atom stereocenters. The normalized spacial score (nSPS) is 13.0. The van der Waals surface area contributed by atoms with E-state index in [1.165, 1.54) is 0 Å². The molecule has 0 aliphatic heterocycles. The van der Waals surface area contributed by atoms with Crippen molar-refractivity contribution in [2.24, 2.45) is 0 Å². The summed E-state index contributed by atoms with van der Waals surface area (Å²) in [5.41, 5.74) is 1.75. The minimum Gasteiger partial charge on any atom is -0.444 e. The molecular formula is C14H20BrNO2. The highest BCUT2D eigenvalue weighted by atomic mass is 79.9. The van der Waals surface area contributed by atoms with Crippen LogP contribution in [0.1, 0.15) is 44.9 Å². The first kappa shape index (κ1) is 15.0. The standard InChI is InChI=1S/C14H20BrNO2/c1-9-8-11(15)6-7-12(9)10(2)16-13(17)18-14(3,4)5/h6-8,10H,1-5H3,(H,16,17). The third kappa shape index (κ3) is 4.69. The number of aryl methyl sites for hydroxylation is 1. The number of halogens is 1. The zero-order chi connectivity index (χ0) is 13.9. The van der Waals surface area contributed by atoms with Gasteiger partial charge in [-0.3, -0.25) is 0 Å². The van der Waals surface area contributed by atoms with Crippen LogP contribution >= 0.6 is 15.9 Å². The SMILES string of the molecule is Cc1cc(Br)ccc1C(C)NC(=O)OC(C)(C)C. The van der Waals surface area contributed by atoms with E-state index in [9.17, 15) is 4.79 Å². The third-order valence-corrected chi connectivity index (χ3v) is 2.92. The topological polar surface area (TPSA) is 38.3 Å². The summed E-state index contributed by atoms with van der Waals surface area (Å²) < 4.78 is 6.27. The Balaban J connectivity index is 2.71. The zero-order valence-corrected chi connectivity index (χ0v) is 13.1. The molecule has 0 saturated heterocycles. The average molecular weight is 314 g/mol. The Kier molecular flexibility index (Phi) is 4.79. The van der Waals surface area contributed by atoms with Crippen molar-refractivity contribution in [1.29, 1.82) is 0 Å². The number of amides is 1. The molecule has 0 aromatic heterocycles. The van der Waals surface area contributed by atoms with E-state index < -0.39 is 11.7 Å². The lowest BCUT2D eigenvalue weighted by molar-refractivity contribution is 0.0508. The van der Waals surface area contributed by atoms with Crippen molar-refractivity contribution in [3.05, 3.63) is 33.8 Å². The van der Waals surface area contributed by atoms with E-state index >= 15 is 0 Å². The van der Waals surface area contributed by atoms with Crippen LogP contribution in [0.2, 0.25) is 0 Å². The maximum Gasteiger partial charge on any atom is 0.408 e. The molecule has 1 amide bonds. The molecule has 0 aliphatic rings. The minimum absolute atomic E-state index is 0.0760.